The molecule has 0 aliphatic heterocycles. The van der Waals surface area contributed by atoms with Gasteiger partial charge in [-0.15, -0.1) is 11.3 Å². The molecule has 29 heavy (non-hydrogen) atoms. The normalized spacial score (nSPS) is 12.1. The van der Waals surface area contributed by atoms with Gasteiger partial charge in [-0.25, -0.2) is 9.37 Å². The molecule has 0 radical (unpaired) electrons. The molecule has 2 heterocycles. The van der Waals surface area contributed by atoms with E-state index in [1.807, 2.05) is 17.5 Å². The predicted octanol–water partition coefficient (Wildman–Crippen LogP) is 5.12. The van der Waals surface area contributed by atoms with Gasteiger partial charge in [0.1, 0.15) is 16.7 Å². The van der Waals surface area contributed by atoms with Crippen molar-refractivity contribution in [3.8, 4) is 11.1 Å². The van der Waals surface area contributed by atoms with E-state index in [1.54, 1.807) is 19.1 Å². The quantitative estimate of drug-likeness (QED) is 0.491. The van der Waals surface area contributed by atoms with Crippen LogP contribution in [0.2, 0.25) is 5.02 Å². The Bertz CT molecular complexity index is 1250. The van der Waals surface area contributed by atoms with Crippen molar-refractivity contribution in [3.05, 3.63) is 81.4 Å². The molecule has 1 N–H and O–H groups in total. The number of halogens is 2. The lowest BCUT2D eigenvalue weighted by Crippen LogP contribution is -2.31. The molecule has 1 atom stereocenters. The van der Waals surface area contributed by atoms with Gasteiger partial charge in [-0.2, -0.15) is 0 Å². The van der Waals surface area contributed by atoms with Crippen molar-refractivity contribution in [2.75, 3.05) is 5.32 Å². The molecule has 2 aromatic heterocycles. The zero-order valence-corrected chi connectivity index (χ0v) is 16.8. The average Bonchev–Trinajstić information content (AvgIpc) is 3.15. The number of benzene rings is 2. The van der Waals surface area contributed by atoms with E-state index in [0.29, 0.717) is 20.9 Å². The minimum absolute atomic E-state index is 0.303. The molecule has 0 fully saturated rings. The number of thiophene rings is 1. The maximum Gasteiger partial charge on any atom is 0.263 e. The number of aromatic nitrogens is 2. The first-order valence-electron chi connectivity index (χ1n) is 8.75. The highest BCUT2D eigenvalue weighted by molar-refractivity contribution is 7.17. The number of nitrogens with one attached hydrogen (secondary N) is 1. The molecule has 0 saturated carbocycles. The monoisotopic (exact) mass is 427 g/mol. The summed E-state index contributed by atoms with van der Waals surface area (Å²) in [6, 6.07) is 11.8. The summed E-state index contributed by atoms with van der Waals surface area (Å²) in [5.41, 5.74) is 1.74. The summed E-state index contributed by atoms with van der Waals surface area (Å²) in [5.74, 6) is -0.794. The standard InChI is InChI=1S/C21H15ClFN3O2S/c1-12(19(27)25-16-8-6-15(23)7-9-16)26-11-24-20-18(21(26)28)17(10-29-20)13-2-4-14(22)5-3-13/h2-12H,1H3,(H,25,27). The van der Waals surface area contributed by atoms with E-state index in [1.165, 1.54) is 46.5 Å². The molecule has 146 valence electrons. The number of anilines is 1. The molecule has 0 aliphatic rings. The Labute approximate surface area is 174 Å². The summed E-state index contributed by atoms with van der Waals surface area (Å²) >= 11 is 7.32. The van der Waals surface area contributed by atoms with Crippen LogP contribution in [0.4, 0.5) is 10.1 Å². The van der Waals surface area contributed by atoms with Crippen LogP contribution in [-0.2, 0) is 4.79 Å². The molecule has 8 heteroatoms. The molecule has 4 rings (SSSR count). The largest absolute Gasteiger partial charge is 0.324 e. The van der Waals surface area contributed by atoms with Crippen molar-refractivity contribution in [1.82, 2.24) is 9.55 Å². The van der Waals surface area contributed by atoms with Gasteiger partial charge in [-0.1, -0.05) is 23.7 Å². The van der Waals surface area contributed by atoms with E-state index in [9.17, 15) is 14.0 Å². The fourth-order valence-electron chi connectivity index (χ4n) is 2.97. The van der Waals surface area contributed by atoms with Crippen molar-refractivity contribution in [3.63, 3.8) is 0 Å². The maximum atomic E-state index is 13.2. The topological polar surface area (TPSA) is 64.0 Å². The van der Waals surface area contributed by atoms with Gasteiger partial charge in [0, 0.05) is 21.7 Å². The van der Waals surface area contributed by atoms with E-state index in [2.05, 4.69) is 10.3 Å². The summed E-state index contributed by atoms with van der Waals surface area (Å²) in [5, 5.41) is 5.62. The molecule has 0 bridgehead atoms. The number of hydrogen-bond donors (Lipinski definition) is 1. The van der Waals surface area contributed by atoms with E-state index in [-0.39, 0.29) is 5.56 Å². The van der Waals surface area contributed by atoms with Gasteiger partial charge in [-0.05, 0) is 48.9 Å². The van der Waals surface area contributed by atoms with Crippen molar-refractivity contribution in [1.29, 1.82) is 0 Å². The number of nitrogens with zero attached hydrogens (tertiary/aromatic N) is 2. The Balaban J connectivity index is 1.70. The summed E-state index contributed by atoms with van der Waals surface area (Å²) in [4.78, 5) is 30.7. The zero-order chi connectivity index (χ0) is 20.5. The second kappa shape index (κ2) is 7.77. The number of rotatable bonds is 4. The molecular weight excluding hydrogens is 413 g/mol. The molecule has 2 aromatic carbocycles. The van der Waals surface area contributed by atoms with Gasteiger partial charge in [0.15, 0.2) is 0 Å². The molecule has 0 spiro atoms. The average molecular weight is 428 g/mol. The lowest BCUT2D eigenvalue weighted by Gasteiger charge is -2.15. The van der Waals surface area contributed by atoms with Crippen molar-refractivity contribution in [2.24, 2.45) is 0 Å². The van der Waals surface area contributed by atoms with Crippen LogP contribution in [0.25, 0.3) is 21.3 Å². The van der Waals surface area contributed by atoms with E-state index >= 15 is 0 Å². The number of amides is 1. The van der Waals surface area contributed by atoms with Crippen LogP contribution in [-0.4, -0.2) is 15.5 Å². The van der Waals surface area contributed by atoms with Crippen LogP contribution in [0.3, 0.4) is 0 Å². The second-order valence-corrected chi connectivity index (χ2v) is 7.76. The second-order valence-electron chi connectivity index (χ2n) is 6.47. The fraction of sp³-hybridized carbons (Fsp3) is 0.0952. The first-order chi connectivity index (χ1) is 13.9. The van der Waals surface area contributed by atoms with E-state index in [0.717, 1.165) is 11.1 Å². The Morgan fingerprint density at radius 2 is 1.86 bits per heavy atom. The van der Waals surface area contributed by atoms with Crippen molar-refractivity contribution >= 4 is 44.7 Å². The van der Waals surface area contributed by atoms with Crippen LogP contribution in [0.1, 0.15) is 13.0 Å². The number of carbonyl (C=O) groups excluding carboxylic acids is 1. The van der Waals surface area contributed by atoms with Crippen molar-refractivity contribution < 1.29 is 9.18 Å². The third kappa shape index (κ3) is 3.79. The number of carbonyl (C=O) groups is 1. The SMILES string of the molecule is CC(C(=O)Nc1ccc(F)cc1)n1cnc2scc(-c3ccc(Cl)cc3)c2c1=O. The summed E-state index contributed by atoms with van der Waals surface area (Å²) in [6.45, 7) is 1.61. The van der Waals surface area contributed by atoms with Gasteiger partial charge < -0.3 is 5.32 Å². The minimum Gasteiger partial charge on any atom is -0.324 e. The van der Waals surface area contributed by atoms with Crippen molar-refractivity contribution in [2.45, 2.75) is 13.0 Å². The summed E-state index contributed by atoms with van der Waals surface area (Å²) < 4.78 is 14.3. The van der Waals surface area contributed by atoms with E-state index < -0.39 is 17.8 Å². The fourth-order valence-corrected chi connectivity index (χ4v) is 4.00. The third-order valence-electron chi connectivity index (χ3n) is 4.58. The van der Waals surface area contributed by atoms with Gasteiger partial charge >= 0.3 is 0 Å². The minimum atomic E-state index is -0.803. The number of fused-ring (bicyclic) bond motifs is 1. The van der Waals surface area contributed by atoms with Crippen LogP contribution in [0, 0.1) is 5.82 Å². The first kappa shape index (κ1) is 19.3. The van der Waals surface area contributed by atoms with Gasteiger partial charge in [-0.3, -0.25) is 14.2 Å². The van der Waals surface area contributed by atoms with Gasteiger partial charge in [0.2, 0.25) is 5.91 Å². The van der Waals surface area contributed by atoms with E-state index in [4.69, 9.17) is 11.6 Å². The summed E-state index contributed by atoms with van der Waals surface area (Å²) in [6.07, 6.45) is 1.38. The lowest BCUT2D eigenvalue weighted by molar-refractivity contribution is -0.118. The highest BCUT2D eigenvalue weighted by atomic mass is 35.5. The Morgan fingerprint density at radius 3 is 2.55 bits per heavy atom. The van der Waals surface area contributed by atoms with Crippen LogP contribution in [0.15, 0.2) is 65.0 Å². The third-order valence-corrected chi connectivity index (χ3v) is 5.72. The molecule has 5 nitrogen and oxygen atoms in total. The molecule has 0 aliphatic carbocycles. The zero-order valence-electron chi connectivity index (χ0n) is 15.2. The van der Waals surface area contributed by atoms with Crippen LogP contribution in [0.5, 0.6) is 0 Å². The predicted molar refractivity (Wildman–Crippen MR) is 114 cm³/mol. The number of hydrogen-bond acceptors (Lipinski definition) is 4. The van der Waals surface area contributed by atoms with Gasteiger partial charge in [0.25, 0.3) is 5.56 Å². The Hall–Kier alpha value is -3.03. The molecule has 1 amide bonds. The Kier molecular flexibility index (Phi) is 5.17. The highest BCUT2D eigenvalue weighted by Gasteiger charge is 2.20. The Morgan fingerprint density at radius 1 is 1.17 bits per heavy atom. The van der Waals surface area contributed by atoms with Gasteiger partial charge in [0.05, 0.1) is 11.7 Å². The molecule has 1 unspecified atom stereocenters. The molecular formula is C21H15ClFN3O2S. The first-order valence-corrected chi connectivity index (χ1v) is 10.0. The summed E-state index contributed by atoms with van der Waals surface area (Å²) in [7, 11) is 0. The molecule has 0 saturated heterocycles. The highest BCUT2D eigenvalue weighted by Crippen LogP contribution is 2.31. The van der Waals surface area contributed by atoms with Crippen LogP contribution < -0.4 is 10.9 Å². The smallest absolute Gasteiger partial charge is 0.263 e. The lowest BCUT2D eigenvalue weighted by atomic mass is 10.1. The van der Waals surface area contributed by atoms with Crippen LogP contribution >= 0.6 is 22.9 Å². The molecule has 4 aromatic rings. The maximum absolute atomic E-state index is 13.2.